The third kappa shape index (κ3) is 8.16. The van der Waals surface area contributed by atoms with Crippen molar-refractivity contribution < 1.29 is 13.5 Å². The van der Waals surface area contributed by atoms with Crippen LogP contribution in [0.25, 0.3) is 0 Å². The highest BCUT2D eigenvalue weighted by molar-refractivity contribution is 14.0. The molecule has 1 saturated heterocycles. The summed E-state index contributed by atoms with van der Waals surface area (Å²) in [6.07, 6.45) is 2.13. The molecular formula is C19H31F2IN4O. The minimum Gasteiger partial charge on any atom is -0.434 e. The molecule has 154 valence electrons. The topological polar surface area (TPSA) is 48.9 Å². The molecule has 0 amide bonds. The fourth-order valence-corrected chi connectivity index (χ4v) is 3.08. The van der Waals surface area contributed by atoms with E-state index in [0.717, 1.165) is 32.5 Å². The van der Waals surface area contributed by atoms with Crippen molar-refractivity contribution in [2.75, 3.05) is 19.6 Å². The number of hydrogen-bond donors (Lipinski definition) is 2. The fraction of sp³-hybridized carbons (Fsp3) is 0.632. The van der Waals surface area contributed by atoms with Crippen LogP contribution in [-0.4, -0.2) is 49.2 Å². The van der Waals surface area contributed by atoms with E-state index in [0.29, 0.717) is 23.6 Å². The Hall–Kier alpha value is -1.16. The van der Waals surface area contributed by atoms with Crippen molar-refractivity contribution >= 4 is 29.9 Å². The van der Waals surface area contributed by atoms with Gasteiger partial charge in [-0.05, 0) is 39.7 Å². The van der Waals surface area contributed by atoms with Crippen molar-refractivity contribution in [1.29, 1.82) is 0 Å². The van der Waals surface area contributed by atoms with E-state index in [9.17, 15) is 8.78 Å². The average molecular weight is 496 g/mol. The molecule has 0 bridgehead atoms. The van der Waals surface area contributed by atoms with E-state index < -0.39 is 6.61 Å². The van der Waals surface area contributed by atoms with Crippen molar-refractivity contribution in [2.45, 2.75) is 58.9 Å². The van der Waals surface area contributed by atoms with Gasteiger partial charge >= 0.3 is 6.61 Å². The maximum atomic E-state index is 12.5. The molecule has 1 aliphatic rings. The summed E-state index contributed by atoms with van der Waals surface area (Å²) in [7, 11) is 0. The molecule has 0 atom stereocenters. The van der Waals surface area contributed by atoms with E-state index in [1.165, 1.54) is 0 Å². The van der Waals surface area contributed by atoms with Crippen molar-refractivity contribution in [3.63, 3.8) is 0 Å². The number of guanidine groups is 1. The first-order chi connectivity index (χ1) is 12.5. The summed E-state index contributed by atoms with van der Waals surface area (Å²) in [6.45, 7) is 6.77. The van der Waals surface area contributed by atoms with E-state index in [1.807, 2.05) is 6.92 Å². The van der Waals surface area contributed by atoms with Gasteiger partial charge in [-0.25, -0.2) is 4.99 Å². The number of piperidine rings is 1. The number of aliphatic imine (C=N–C) groups is 1. The molecule has 1 aromatic rings. The minimum atomic E-state index is -2.84. The minimum absolute atomic E-state index is 0. The summed E-state index contributed by atoms with van der Waals surface area (Å²) < 4.78 is 29.6. The Balaban J connectivity index is 0.00000364. The van der Waals surface area contributed by atoms with Crippen molar-refractivity contribution in [1.82, 2.24) is 15.5 Å². The number of halogens is 3. The van der Waals surface area contributed by atoms with E-state index in [2.05, 4.69) is 39.1 Å². The lowest BCUT2D eigenvalue weighted by atomic mass is 10.0. The summed E-state index contributed by atoms with van der Waals surface area (Å²) in [5, 5.41) is 6.70. The van der Waals surface area contributed by atoms with Crippen LogP contribution in [0.4, 0.5) is 8.78 Å². The molecule has 1 fully saturated rings. The molecule has 1 aliphatic heterocycles. The quantitative estimate of drug-likeness (QED) is 0.342. The summed E-state index contributed by atoms with van der Waals surface area (Å²) in [6, 6.07) is 7.71. The Kier molecular flexibility index (Phi) is 10.9. The zero-order chi connectivity index (χ0) is 18.9. The molecule has 8 heteroatoms. The van der Waals surface area contributed by atoms with Crippen molar-refractivity contribution in [3.8, 4) is 5.75 Å². The van der Waals surface area contributed by atoms with Crippen LogP contribution < -0.4 is 15.4 Å². The fourth-order valence-electron chi connectivity index (χ4n) is 3.08. The number of para-hydroxylation sites is 1. The first-order valence-electron chi connectivity index (χ1n) is 9.31. The second kappa shape index (κ2) is 12.3. The number of hydrogen-bond acceptors (Lipinski definition) is 3. The number of likely N-dealkylation sites (tertiary alicyclic amines) is 1. The van der Waals surface area contributed by atoms with Gasteiger partial charge < -0.3 is 20.3 Å². The highest BCUT2D eigenvalue weighted by Crippen LogP contribution is 2.21. The Bertz CT molecular complexity index is 579. The third-order valence-electron chi connectivity index (χ3n) is 4.54. The van der Waals surface area contributed by atoms with Gasteiger partial charge in [-0.15, -0.1) is 24.0 Å². The Morgan fingerprint density at radius 2 is 1.93 bits per heavy atom. The smallest absolute Gasteiger partial charge is 0.387 e. The van der Waals surface area contributed by atoms with Crippen LogP contribution in [0, 0.1) is 0 Å². The van der Waals surface area contributed by atoms with Gasteiger partial charge in [0.25, 0.3) is 0 Å². The normalized spacial score (nSPS) is 16.3. The van der Waals surface area contributed by atoms with Crippen molar-refractivity contribution in [3.05, 3.63) is 29.8 Å². The molecular weight excluding hydrogens is 465 g/mol. The highest BCUT2D eigenvalue weighted by Gasteiger charge is 2.21. The number of benzene rings is 1. The standard InChI is InChI=1S/C19H30F2N4O.HI/c1-4-22-19(24-16-9-11-25(12-10-16)14(2)3)23-13-15-7-5-6-8-17(15)26-18(20)21;/h5-8,14,16,18H,4,9-13H2,1-3H3,(H2,22,23,24);1H. The Morgan fingerprint density at radius 3 is 2.52 bits per heavy atom. The number of alkyl halides is 2. The number of rotatable bonds is 7. The molecule has 0 aliphatic carbocycles. The van der Waals surface area contributed by atoms with Crippen molar-refractivity contribution in [2.24, 2.45) is 4.99 Å². The van der Waals surface area contributed by atoms with Gasteiger partial charge in [0.2, 0.25) is 0 Å². The molecule has 0 unspecified atom stereocenters. The monoisotopic (exact) mass is 496 g/mol. The lowest BCUT2D eigenvalue weighted by molar-refractivity contribution is -0.0504. The molecule has 0 saturated carbocycles. The van der Waals surface area contributed by atoms with Gasteiger partial charge in [-0.1, -0.05) is 18.2 Å². The van der Waals surface area contributed by atoms with Crippen LogP contribution in [0.1, 0.15) is 39.2 Å². The van der Waals surface area contributed by atoms with E-state index in [1.54, 1.807) is 24.3 Å². The van der Waals surface area contributed by atoms with Gasteiger partial charge in [-0.3, -0.25) is 0 Å². The lowest BCUT2D eigenvalue weighted by Gasteiger charge is -2.35. The largest absolute Gasteiger partial charge is 0.434 e. The molecule has 1 heterocycles. The number of nitrogens with one attached hydrogen (secondary N) is 2. The third-order valence-corrected chi connectivity index (χ3v) is 4.54. The number of nitrogens with zero attached hydrogens (tertiary/aromatic N) is 2. The summed E-state index contributed by atoms with van der Waals surface area (Å²) >= 11 is 0. The average Bonchev–Trinajstić information content (AvgIpc) is 2.61. The van der Waals surface area contributed by atoms with Crippen LogP contribution in [0.3, 0.4) is 0 Å². The molecule has 27 heavy (non-hydrogen) atoms. The lowest BCUT2D eigenvalue weighted by Crippen LogP contribution is -2.49. The van der Waals surface area contributed by atoms with Crippen LogP contribution >= 0.6 is 24.0 Å². The first-order valence-corrected chi connectivity index (χ1v) is 9.31. The summed E-state index contributed by atoms with van der Waals surface area (Å²) in [4.78, 5) is 7.03. The molecule has 0 spiro atoms. The Morgan fingerprint density at radius 1 is 1.26 bits per heavy atom. The van der Waals surface area contributed by atoms with Crippen LogP contribution in [0.15, 0.2) is 29.3 Å². The molecule has 1 aromatic carbocycles. The zero-order valence-corrected chi connectivity index (χ0v) is 18.6. The van der Waals surface area contributed by atoms with Crippen LogP contribution in [-0.2, 0) is 6.54 Å². The highest BCUT2D eigenvalue weighted by atomic mass is 127. The van der Waals surface area contributed by atoms with Gasteiger partial charge in [0, 0.05) is 37.3 Å². The molecule has 0 radical (unpaired) electrons. The van der Waals surface area contributed by atoms with Gasteiger partial charge in [0.1, 0.15) is 5.75 Å². The van der Waals surface area contributed by atoms with E-state index >= 15 is 0 Å². The SMILES string of the molecule is CCNC(=NCc1ccccc1OC(F)F)NC1CCN(C(C)C)CC1.I. The predicted molar refractivity (Wildman–Crippen MR) is 116 cm³/mol. The second-order valence-electron chi connectivity index (χ2n) is 6.73. The maximum absolute atomic E-state index is 12.5. The number of ether oxygens (including phenoxy) is 1. The molecule has 2 rings (SSSR count). The molecule has 2 N–H and O–H groups in total. The summed E-state index contributed by atoms with van der Waals surface area (Å²) in [5.74, 6) is 0.884. The second-order valence-corrected chi connectivity index (χ2v) is 6.73. The molecule has 0 aromatic heterocycles. The van der Waals surface area contributed by atoms with E-state index in [-0.39, 0.29) is 36.3 Å². The van der Waals surface area contributed by atoms with Gasteiger partial charge in [-0.2, -0.15) is 8.78 Å². The Labute approximate surface area is 178 Å². The van der Waals surface area contributed by atoms with Gasteiger partial charge in [0.15, 0.2) is 5.96 Å². The van der Waals surface area contributed by atoms with Crippen LogP contribution in [0.5, 0.6) is 5.75 Å². The van der Waals surface area contributed by atoms with Crippen LogP contribution in [0.2, 0.25) is 0 Å². The summed E-state index contributed by atoms with van der Waals surface area (Å²) in [5.41, 5.74) is 0.639. The first kappa shape index (κ1) is 23.9. The van der Waals surface area contributed by atoms with E-state index in [4.69, 9.17) is 0 Å². The maximum Gasteiger partial charge on any atom is 0.387 e. The predicted octanol–water partition coefficient (Wildman–Crippen LogP) is 3.83. The van der Waals surface area contributed by atoms with Gasteiger partial charge in [0.05, 0.1) is 6.54 Å². The molecule has 5 nitrogen and oxygen atoms in total. The zero-order valence-electron chi connectivity index (χ0n) is 16.3.